The lowest BCUT2D eigenvalue weighted by Gasteiger charge is -2.07. The van der Waals surface area contributed by atoms with Gasteiger partial charge in [0, 0.05) is 36.6 Å². The van der Waals surface area contributed by atoms with Gasteiger partial charge in [0.1, 0.15) is 0 Å². The summed E-state index contributed by atoms with van der Waals surface area (Å²) in [5.74, 6) is 0. The fourth-order valence-electron chi connectivity index (χ4n) is 2.65. The monoisotopic (exact) mass is 308 g/mol. The number of rotatable bonds is 4. The molecule has 2 N–H and O–H groups in total. The summed E-state index contributed by atoms with van der Waals surface area (Å²) >= 11 is 0. The Labute approximate surface area is 135 Å². The van der Waals surface area contributed by atoms with Crippen LogP contribution in [0.2, 0.25) is 0 Å². The summed E-state index contributed by atoms with van der Waals surface area (Å²) in [4.78, 5) is 15.4. The highest BCUT2D eigenvalue weighted by molar-refractivity contribution is 5.77. The largest absolute Gasteiger partial charge is 0.367 e. The highest BCUT2D eigenvalue weighted by Crippen LogP contribution is 2.17. The summed E-state index contributed by atoms with van der Waals surface area (Å²) in [6.07, 6.45) is 4.63. The molecular formula is C18H20N4O. The van der Waals surface area contributed by atoms with Gasteiger partial charge < -0.3 is 10.3 Å². The van der Waals surface area contributed by atoms with Gasteiger partial charge in [-0.15, -0.1) is 0 Å². The molecule has 0 spiro atoms. The first-order valence-corrected chi connectivity index (χ1v) is 7.64. The number of hydrogen-bond donors (Lipinski definition) is 2. The molecule has 0 aliphatic rings. The molecule has 1 aromatic carbocycles. The van der Waals surface area contributed by atoms with E-state index in [2.05, 4.69) is 15.4 Å². The number of amides is 1. The molecule has 1 amide bonds. The minimum Gasteiger partial charge on any atom is -0.367 e. The molecule has 0 fully saturated rings. The predicted octanol–water partition coefficient (Wildman–Crippen LogP) is 3.18. The zero-order chi connectivity index (χ0) is 16.2. The summed E-state index contributed by atoms with van der Waals surface area (Å²) in [5, 5.41) is 7.31. The predicted molar refractivity (Wildman–Crippen MR) is 89.4 cm³/mol. The van der Waals surface area contributed by atoms with Crippen molar-refractivity contribution < 1.29 is 4.79 Å². The molecule has 0 atom stereocenters. The second kappa shape index (κ2) is 6.52. The van der Waals surface area contributed by atoms with Crippen LogP contribution < -0.4 is 5.32 Å². The number of benzene rings is 1. The van der Waals surface area contributed by atoms with Crippen molar-refractivity contribution in [2.24, 2.45) is 0 Å². The van der Waals surface area contributed by atoms with Crippen molar-refractivity contribution in [3.63, 3.8) is 0 Å². The topological polar surface area (TPSA) is 62.7 Å². The van der Waals surface area contributed by atoms with Gasteiger partial charge in [0.05, 0.1) is 5.69 Å². The molecule has 3 rings (SSSR count). The third-order valence-electron chi connectivity index (χ3n) is 3.96. The Morgan fingerprint density at radius 2 is 1.96 bits per heavy atom. The molecule has 118 valence electrons. The number of nitrogens with zero attached hydrogens (tertiary/aromatic N) is 2. The van der Waals surface area contributed by atoms with Crippen LogP contribution in [0.15, 0.2) is 48.8 Å². The minimum absolute atomic E-state index is 0.199. The van der Waals surface area contributed by atoms with Gasteiger partial charge in [-0.1, -0.05) is 30.3 Å². The first-order chi connectivity index (χ1) is 11.1. The molecule has 3 aromatic rings. The fraction of sp³-hybridized carbons (Fsp3) is 0.222. The van der Waals surface area contributed by atoms with Gasteiger partial charge in [0.25, 0.3) is 0 Å². The zero-order valence-electron chi connectivity index (χ0n) is 13.3. The maximum atomic E-state index is 12.4. The molecule has 0 aliphatic carbocycles. The van der Waals surface area contributed by atoms with Gasteiger partial charge in [0.15, 0.2) is 0 Å². The number of carbonyl (C=O) groups excluding carboxylic acids is 1. The molecule has 2 heterocycles. The van der Waals surface area contributed by atoms with Crippen LogP contribution in [0.1, 0.15) is 28.1 Å². The first-order valence-electron chi connectivity index (χ1n) is 7.64. The molecule has 0 aliphatic heterocycles. The van der Waals surface area contributed by atoms with E-state index in [1.165, 1.54) is 10.2 Å². The molecule has 23 heavy (non-hydrogen) atoms. The van der Waals surface area contributed by atoms with Crippen molar-refractivity contribution >= 4 is 6.03 Å². The van der Waals surface area contributed by atoms with E-state index in [0.29, 0.717) is 6.54 Å². The van der Waals surface area contributed by atoms with E-state index in [1.54, 1.807) is 0 Å². The van der Waals surface area contributed by atoms with Crippen LogP contribution in [0.25, 0.3) is 0 Å². The van der Waals surface area contributed by atoms with Crippen molar-refractivity contribution in [1.82, 2.24) is 20.1 Å². The third kappa shape index (κ3) is 3.34. The Bertz CT molecular complexity index is 788. The highest BCUT2D eigenvalue weighted by atomic mass is 16.2. The van der Waals surface area contributed by atoms with Crippen LogP contribution in [-0.4, -0.2) is 20.8 Å². The number of aryl methyl sites for hydroxylation is 1. The second-order valence-electron chi connectivity index (χ2n) is 5.60. The average Bonchev–Trinajstić information content (AvgIpc) is 3.17. The van der Waals surface area contributed by atoms with Crippen LogP contribution in [0, 0.1) is 13.8 Å². The van der Waals surface area contributed by atoms with Gasteiger partial charge >= 0.3 is 6.03 Å². The van der Waals surface area contributed by atoms with Crippen molar-refractivity contribution in [1.29, 1.82) is 0 Å². The SMILES string of the molecule is Cc1nn(C(=O)NCc2ccccc2)c(C)c1Cc1cc[nH]c1. The lowest BCUT2D eigenvalue weighted by atomic mass is 10.1. The Morgan fingerprint density at radius 3 is 2.65 bits per heavy atom. The van der Waals surface area contributed by atoms with Crippen molar-refractivity contribution in [2.75, 3.05) is 0 Å². The van der Waals surface area contributed by atoms with Crippen molar-refractivity contribution in [2.45, 2.75) is 26.8 Å². The van der Waals surface area contributed by atoms with Crippen LogP contribution in [-0.2, 0) is 13.0 Å². The fourth-order valence-corrected chi connectivity index (χ4v) is 2.65. The van der Waals surface area contributed by atoms with Gasteiger partial charge in [-0.25, -0.2) is 4.79 Å². The van der Waals surface area contributed by atoms with Crippen LogP contribution in [0.5, 0.6) is 0 Å². The zero-order valence-corrected chi connectivity index (χ0v) is 13.3. The smallest absolute Gasteiger partial charge is 0.342 e. The molecular weight excluding hydrogens is 288 g/mol. The van der Waals surface area contributed by atoms with E-state index in [9.17, 15) is 4.79 Å². The van der Waals surface area contributed by atoms with Gasteiger partial charge in [-0.2, -0.15) is 9.78 Å². The number of nitrogens with one attached hydrogen (secondary N) is 2. The maximum absolute atomic E-state index is 12.4. The van der Waals surface area contributed by atoms with Crippen molar-refractivity contribution in [3.8, 4) is 0 Å². The standard InChI is InChI=1S/C18H20N4O/c1-13-17(10-16-8-9-19-11-16)14(2)22(21-13)18(23)20-12-15-6-4-3-5-7-15/h3-9,11,19H,10,12H2,1-2H3,(H,20,23). The van der Waals surface area contributed by atoms with Crippen molar-refractivity contribution in [3.05, 3.63) is 76.9 Å². The Morgan fingerprint density at radius 1 is 1.17 bits per heavy atom. The molecule has 0 unspecified atom stereocenters. The average molecular weight is 308 g/mol. The molecule has 0 saturated heterocycles. The van der Waals surface area contributed by atoms with Crippen LogP contribution >= 0.6 is 0 Å². The summed E-state index contributed by atoms with van der Waals surface area (Å²) in [7, 11) is 0. The number of carbonyl (C=O) groups is 1. The van der Waals surface area contributed by atoms with E-state index in [4.69, 9.17) is 0 Å². The quantitative estimate of drug-likeness (QED) is 0.777. The maximum Gasteiger partial charge on any atom is 0.342 e. The molecule has 0 saturated carbocycles. The van der Waals surface area contributed by atoms with Crippen LogP contribution in [0.4, 0.5) is 4.79 Å². The van der Waals surface area contributed by atoms with E-state index in [1.807, 2.05) is 62.6 Å². The molecule has 5 nitrogen and oxygen atoms in total. The Balaban J connectivity index is 1.73. The summed E-state index contributed by atoms with van der Waals surface area (Å²) in [6.45, 7) is 4.37. The molecule has 0 bridgehead atoms. The van der Waals surface area contributed by atoms with Gasteiger partial charge in [-0.05, 0) is 31.0 Å². The summed E-state index contributed by atoms with van der Waals surface area (Å²) in [6, 6.07) is 11.7. The number of aromatic nitrogens is 3. The lowest BCUT2D eigenvalue weighted by Crippen LogP contribution is -2.29. The number of hydrogen-bond acceptors (Lipinski definition) is 2. The van der Waals surface area contributed by atoms with Gasteiger partial charge in [-0.3, -0.25) is 0 Å². The van der Waals surface area contributed by atoms with E-state index in [0.717, 1.165) is 28.9 Å². The Kier molecular flexibility index (Phi) is 4.28. The van der Waals surface area contributed by atoms with Crippen LogP contribution in [0.3, 0.4) is 0 Å². The van der Waals surface area contributed by atoms with Gasteiger partial charge in [0.2, 0.25) is 0 Å². The van der Waals surface area contributed by atoms with E-state index < -0.39 is 0 Å². The lowest BCUT2D eigenvalue weighted by molar-refractivity contribution is 0.238. The second-order valence-corrected chi connectivity index (χ2v) is 5.60. The normalized spacial score (nSPS) is 10.7. The molecule has 5 heteroatoms. The highest BCUT2D eigenvalue weighted by Gasteiger charge is 2.16. The minimum atomic E-state index is -0.199. The molecule has 0 radical (unpaired) electrons. The number of aromatic amines is 1. The van der Waals surface area contributed by atoms with E-state index >= 15 is 0 Å². The first kappa shape index (κ1) is 15.1. The summed E-state index contributed by atoms with van der Waals surface area (Å²) in [5.41, 5.74) is 5.11. The van der Waals surface area contributed by atoms with E-state index in [-0.39, 0.29) is 6.03 Å². The Hall–Kier alpha value is -2.82. The molecule has 2 aromatic heterocycles. The third-order valence-corrected chi connectivity index (χ3v) is 3.96. The number of H-pyrrole nitrogens is 1. The summed E-state index contributed by atoms with van der Waals surface area (Å²) < 4.78 is 1.46.